The van der Waals surface area contributed by atoms with Crippen LogP contribution in [0.15, 0.2) is 70.4 Å². The number of halogens is 1. The monoisotopic (exact) mass is 539 g/mol. The number of carbonyl (C=O) groups is 2. The summed E-state index contributed by atoms with van der Waals surface area (Å²) in [7, 11) is -4.04. The number of urea groups is 1. The average molecular weight is 540 g/mol. The van der Waals surface area contributed by atoms with Crippen molar-refractivity contribution in [1.29, 1.82) is 0 Å². The largest absolute Gasteiger partial charge is 0.326 e. The first-order valence-electron chi connectivity index (χ1n) is 12.0. The number of likely N-dealkylation sites (tertiary alicyclic amines) is 1. The van der Waals surface area contributed by atoms with Crippen LogP contribution in [-0.4, -0.2) is 42.9 Å². The number of nitrogens with zero attached hydrogens (tertiary/aromatic N) is 2. The molecule has 2 atom stereocenters. The molecule has 12 heteroatoms. The molecule has 2 aliphatic heterocycles. The number of anilines is 3. The van der Waals surface area contributed by atoms with Gasteiger partial charge in [-0.2, -0.15) is 0 Å². The number of nitrogens with one attached hydrogen (secondary N) is 3. The van der Waals surface area contributed by atoms with Gasteiger partial charge in [-0.25, -0.2) is 17.6 Å². The van der Waals surface area contributed by atoms with E-state index in [4.69, 9.17) is 0 Å². The predicted octanol–water partition coefficient (Wildman–Crippen LogP) is 3.40. The van der Waals surface area contributed by atoms with E-state index in [0.29, 0.717) is 31.0 Å². The smallest absolute Gasteiger partial charge is 0.321 e. The molecule has 1 aromatic heterocycles. The Morgan fingerprint density at radius 2 is 1.55 bits per heavy atom. The lowest BCUT2D eigenvalue weighted by Crippen LogP contribution is -2.50. The van der Waals surface area contributed by atoms with Crippen LogP contribution in [0.2, 0.25) is 0 Å². The van der Waals surface area contributed by atoms with Crippen molar-refractivity contribution in [3.05, 3.63) is 82.5 Å². The van der Waals surface area contributed by atoms with Gasteiger partial charge in [0.15, 0.2) is 0 Å². The van der Waals surface area contributed by atoms with Crippen LogP contribution in [0.4, 0.5) is 26.2 Å². The SMILES string of the molecule is CC(=O)Nc1ccc(S(=O)(=O)Nc2ccc3n(c2=O)CC2CC3CN(C(=O)Nc3ccc(F)cc3)C2)cc1. The third-order valence-corrected chi connectivity index (χ3v) is 8.10. The van der Waals surface area contributed by atoms with Gasteiger partial charge in [-0.05, 0) is 73.0 Å². The van der Waals surface area contributed by atoms with E-state index >= 15 is 0 Å². The van der Waals surface area contributed by atoms with Crippen LogP contribution in [-0.2, 0) is 21.4 Å². The van der Waals surface area contributed by atoms with Gasteiger partial charge in [-0.15, -0.1) is 0 Å². The molecule has 0 spiro atoms. The van der Waals surface area contributed by atoms with Crippen molar-refractivity contribution in [2.75, 3.05) is 28.4 Å². The van der Waals surface area contributed by atoms with E-state index in [0.717, 1.165) is 12.1 Å². The number of benzene rings is 2. The van der Waals surface area contributed by atoms with Crippen molar-refractivity contribution in [2.24, 2.45) is 5.92 Å². The van der Waals surface area contributed by atoms with Crippen molar-refractivity contribution in [3.63, 3.8) is 0 Å². The minimum Gasteiger partial charge on any atom is -0.326 e. The molecule has 38 heavy (non-hydrogen) atoms. The molecule has 2 aliphatic rings. The Bertz CT molecular complexity index is 1550. The van der Waals surface area contributed by atoms with E-state index < -0.39 is 15.6 Å². The Hall–Kier alpha value is -4.19. The van der Waals surface area contributed by atoms with Crippen LogP contribution in [0.1, 0.15) is 25.0 Å². The standard InChI is InChI=1S/C26H26FN5O5S/c1-16(33)28-20-6-8-22(9-7-20)38(36,37)30-23-10-11-24-18-12-17(14-32(24)25(23)34)13-31(15-18)26(35)29-21-4-2-19(27)3-5-21/h2-11,17-18,30H,12-15H2,1H3,(H,28,33)(H,29,35). The highest BCUT2D eigenvalue weighted by Crippen LogP contribution is 2.36. The molecule has 3 amide bonds. The number of piperidine rings is 1. The van der Waals surface area contributed by atoms with Gasteiger partial charge < -0.3 is 20.1 Å². The molecule has 0 aliphatic carbocycles. The molecule has 3 aromatic rings. The predicted molar refractivity (Wildman–Crippen MR) is 140 cm³/mol. The van der Waals surface area contributed by atoms with Crippen molar-refractivity contribution < 1.29 is 22.4 Å². The van der Waals surface area contributed by atoms with E-state index in [1.54, 1.807) is 15.5 Å². The van der Waals surface area contributed by atoms with Crippen LogP contribution in [0.25, 0.3) is 0 Å². The molecule has 3 N–H and O–H groups in total. The number of carbonyl (C=O) groups excluding carboxylic acids is 2. The summed E-state index contributed by atoms with van der Waals surface area (Å²) in [5.74, 6) is -0.728. The highest BCUT2D eigenvalue weighted by atomic mass is 32.2. The Labute approximate surface area is 218 Å². The van der Waals surface area contributed by atoms with Crippen LogP contribution in [0.5, 0.6) is 0 Å². The van der Waals surface area contributed by atoms with Gasteiger partial charge >= 0.3 is 6.03 Å². The Morgan fingerprint density at radius 1 is 0.895 bits per heavy atom. The second-order valence-electron chi connectivity index (χ2n) is 9.54. The fourth-order valence-corrected chi connectivity index (χ4v) is 6.11. The maximum atomic E-state index is 13.3. The van der Waals surface area contributed by atoms with E-state index in [9.17, 15) is 27.2 Å². The molecule has 10 nitrogen and oxygen atoms in total. The van der Waals surface area contributed by atoms with Crippen molar-refractivity contribution in [3.8, 4) is 0 Å². The first-order valence-corrected chi connectivity index (χ1v) is 13.5. The van der Waals surface area contributed by atoms with E-state index in [2.05, 4.69) is 15.4 Å². The van der Waals surface area contributed by atoms with E-state index in [-0.39, 0.29) is 40.2 Å². The summed E-state index contributed by atoms with van der Waals surface area (Å²) in [6.07, 6.45) is 0.811. The highest BCUT2D eigenvalue weighted by Gasteiger charge is 2.37. The number of aromatic nitrogens is 1. The number of hydrogen-bond donors (Lipinski definition) is 3. The average Bonchev–Trinajstić information content (AvgIpc) is 2.87. The van der Waals surface area contributed by atoms with Gasteiger partial charge in [0.2, 0.25) is 5.91 Å². The summed E-state index contributed by atoms with van der Waals surface area (Å²) in [4.78, 5) is 38.9. The van der Waals surface area contributed by atoms with Gasteiger partial charge in [0.05, 0.1) is 4.90 Å². The minimum atomic E-state index is -4.04. The molecule has 5 rings (SSSR count). The number of fused-ring (bicyclic) bond motifs is 4. The summed E-state index contributed by atoms with van der Waals surface area (Å²) in [6, 6.07) is 14.0. The molecular formula is C26H26FN5O5S. The lowest BCUT2D eigenvalue weighted by atomic mass is 9.83. The second kappa shape index (κ2) is 9.93. The zero-order valence-electron chi connectivity index (χ0n) is 20.5. The Morgan fingerprint density at radius 3 is 2.24 bits per heavy atom. The molecular weight excluding hydrogens is 513 g/mol. The number of hydrogen-bond acceptors (Lipinski definition) is 5. The van der Waals surface area contributed by atoms with Gasteiger partial charge in [0.25, 0.3) is 15.6 Å². The topological polar surface area (TPSA) is 130 Å². The molecule has 2 bridgehead atoms. The van der Waals surface area contributed by atoms with Gasteiger partial charge in [-0.1, -0.05) is 0 Å². The lowest BCUT2D eigenvalue weighted by Gasteiger charge is -2.42. The van der Waals surface area contributed by atoms with Crippen molar-refractivity contribution in [2.45, 2.75) is 30.7 Å². The quantitative estimate of drug-likeness (QED) is 0.458. The van der Waals surface area contributed by atoms with Crippen molar-refractivity contribution in [1.82, 2.24) is 9.47 Å². The van der Waals surface area contributed by atoms with Crippen LogP contribution in [0, 0.1) is 11.7 Å². The molecule has 1 fully saturated rings. The molecule has 2 aromatic carbocycles. The van der Waals surface area contributed by atoms with Crippen molar-refractivity contribution >= 4 is 39.0 Å². The minimum absolute atomic E-state index is 0.0195. The summed E-state index contributed by atoms with van der Waals surface area (Å²) in [5, 5.41) is 5.35. The molecule has 0 radical (unpaired) electrons. The van der Waals surface area contributed by atoms with Gasteiger partial charge in [0.1, 0.15) is 11.5 Å². The molecule has 198 valence electrons. The third kappa shape index (κ3) is 5.25. The zero-order valence-corrected chi connectivity index (χ0v) is 21.3. The lowest BCUT2D eigenvalue weighted by molar-refractivity contribution is -0.114. The molecule has 0 saturated carbocycles. The zero-order chi connectivity index (χ0) is 27.0. The summed E-state index contributed by atoms with van der Waals surface area (Å²) in [6.45, 7) is 2.54. The fraction of sp³-hybridized carbons (Fsp3) is 0.269. The first-order chi connectivity index (χ1) is 18.1. The number of sulfonamides is 1. The van der Waals surface area contributed by atoms with E-state index in [1.165, 1.54) is 61.5 Å². The Kier molecular flexibility index (Phi) is 6.66. The number of pyridine rings is 1. The first kappa shape index (κ1) is 25.5. The van der Waals surface area contributed by atoms with Gasteiger partial charge in [0, 0.05) is 49.5 Å². The second-order valence-corrected chi connectivity index (χ2v) is 11.2. The van der Waals surface area contributed by atoms with Crippen LogP contribution in [0.3, 0.4) is 0 Å². The summed E-state index contributed by atoms with van der Waals surface area (Å²) < 4.78 is 43.0. The number of amides is 3. The normalized spacial score (nSPS) is 18.3. The molecule has 1 saturated heterocycles. The summed E-state index contributed by atoms with van der Waals surface area (Å²) in [5.41, 5.74) is 1.18. The summed E-state index contributed by atoms with van der Waals surface area (Å²) >= 11 is 0. The Balaban J connectivity index is 1.32. The maximum Gasteiger partial charge on any atom is 0.321 e. The molecule has 2 unspecified atom stereocenters. The molecule has 3 heterocycles. The maximum absolute atomic E-state index is 13.3. The van der Waals surface area contributed by atoms with Crippen LogP contribution < -0.4 is 20.9 Å². The van der Waals surface area contributed by atoms with Crippen LogP contribution >= 0.6 is 0 Å². The van der Waals surface area contributed by atoms with Gasteiger partial charge in [-0.3, -0.25) is 14.3 Å². The van der Waals surface area contributed by atoms with E-state index in [1.807, 2.05) is 0 Å². The number of rotatable bonds is 5. The fourth-order valence-electron chi connectivity index (χ4n) is 5.05. The third-order valence-electron chi connectivity index (χ3n) is 6.72. The highest BCUT2D eigenvalue weighted by molar-refractivity contribution is 7.92.